The summed E-state index contributed by atoms with van der Waals surface area (Å²) >= 11 is 0. The molecule has 4 N–H and O–H groups in total. The number of carbonyl (C=O) groups is 2. The lowest BCUT2D eigenvalue weighted by atomic mass is 10.2. The highest BCUT2D eigenvalue weighted by molar-refractivity contribution is 5.89. The lowest BCUT2D eigenvalue weighted by molar-refractivity contribution is -0.128. The van der Waals surface area contributed by atoms with E-state index in [1.54, 1.807) is 26.8 Å². The Morgan fingerprint density at radius 1 is 1.27 bits per heavy atom. The average Bonchev–Trinajstić information content (AvgIpc) is 2.16. The molecule has 0 fully saturated rings. The molecular weight excluding hydrogens is 194 g/mol. The van der Waals surface area contributed by atoms with Crippen molar-refractivity contribution in [2.75, 3.05) is 0 Å². The summed E-state index contributed by atoms with van der Waals surface area (Å²) in [7, 11) is 0. The molecule has 0 unspecified atom stereocenters. The third-order valence-corrected chi connectivity index (χ3v) is 1.92. The highest BCUT2D eigenvalue weighted by Crippen LogP contribution is 1.89. The van der Waals surface area contributed by atoms with Crippen LogP contribution in [0.1, 0.15) is 27.7 Å². The van der Waals surface area contributed by atoms with Gasteiger partial charge in [0.1, 0.15) is 6.04 Å². The summed E-state index contributed by atoms with van der Waals surface area (Å²) in [5.74, 6) is -0.588. The molecule has 0 spiro atoms. The van der Waals surface area contributed by atoms with Gasteiger partial charge in [0, 0.05) is 5.70 Å². The van der Waals surface area contributed by atoms with Crippen LogP contribution in [0.2, 0.25) is 0 Å². The summed E-state index contributed by atoms with van der Waals surface area (Å²) in [4.78, 5) is 22.6. The number of carbonyl (C=O) groups excluding carboxylic acids is 2. The van der Waals surface area contributed by atoms with Gasteiger partial charge in [0.2, 0.25) is 11.8 Å². The summed E-state index contributed by atoms with van der Waals surface area (Å²) < 4.78 is 0. The minimum atomic E-state index is -0.608. The van der Waals surface area contributed by atoms with Crippen LogP contribution in [-0.2, 0) is 9.59 Å². The van der Waals surface area contributed by atoms with Crippen molar-refractivity contribution in [2.24, 2.45) is 5.73 Å². The molecule has 0 aliphatic rings. The molecule has 15 heavy (non-hydrogen) atoms. The van der Waals surface area contributed by atoms with Gasteiger partial charge in [-0.3, -0.25) is 9.59 Å². The second-order valence-electron chi connectivity index (χ2n) is 3.48. The molecule has 0 saturated heterocycles. The summed E-state index contributed by atoms with van der Waals surface area (Å²) in [6.07, 6.45) is 1.78. The zero-order chi connectivity index (χ0) is 12.0. The van der Waals surface area contributed by atoms with Crippen LogP contribution in [0, 0.1) is 0 Å². The highest BCUT2D eigenvalue weighted by atomic mass is 16.2. The maximum Gasteiger partial charge on any atom is 0.246 e. The predicted octanol–water partition coefficient (Wildman–Crippen LogP) is -0.122. The number of rotatable bonds is 4. The number of hydrogen-bond donors (Lipinski definition) is 3. The fourth-order valence-corrected chi connectivity index (χ4v) is 0.785. The molecule has 0 aliphatic heterocycles. The van der Waals surface area contributed by atoms with Gasteiger partial charge >= 0.3 is 0 Å². The van der Waals surface area contributed by atoms with Crippen molar-refractivity contribution in [2.45, 2.75) is 39.8 Å². The Morgan fingerprint density at radius 3 is 2.20 bits per heavy atom. The molecule has 0 bridgehead atoms. The van der Waals surface area contributed by atoms with Crippen LogP contribution in [0.5, 0.6) is 0 Å². The highest BCUT2D eigenvalue weighted by Gasteiger charge is 2.17. The molecule has 2 atom stereocenters. The second-order valence-corrected chi connectivity index (χ2v) is 3.48. The number of hydrogen-bond acceptors (Lipinski definition) is 3. The van der Waals surface area contributed by atoms with Crippen LogP contribution in [0.15, 0.2) is 11.8 Å². The number of nitrogens with two attached hydrogens (primary N) is 1. The first-order valence-corrected chi connectivity index (χ1v) is 4.88. The standard InChI is InChI=1S/C10H19N3O2/c1-5-6(2)12-10(15)8(4)13-9(14)7(3)11/h5,7-8H,11H2,1-4H3,(H,12,15)(H,13,14)/b6-5+/t7-,8-/m0/s1. The van der Waals surface area contributed by atoms with Crippen LogP contribution in [0.3, 0.4) is 0 Å². The smallest absolute Gasteiger partial charge is 0.246 e. The van der Waals surface area contributed by atoms with Crippen LogP contribution in [0.25, 0.3) is 0 Å². The van der Waals surface area contributed by atoms with Gasteiger partial charge in [-0.05, 0) is 27.7 Å². The Kier molecular flexibility index (Phi) is 5.62. The molecular formula is C10H19N3O2. The lowest BCUT2D eigenvalue weighted by Crippen LogP contribution is -2.49. The zero-order valence-corrected chi connectivity index (χ0v) is 9.63. The van der Waals surface area contributed by atoms with E-state index in [0.717, 1.165) is 5.70 Å². The van der Waals surface area contributed by atoms with Gasteiger partial charge in [0.15, 0.2) is 0 Å². The second kappa shape index (κ2) is 6.19. The van der Waals surface area contributed by atoms with Gasteiger partial charge in [-0.2, -0.15) is 0 Å². The predicted molar refractivity (Wildman–Crippen MR) is 58.8 cm³/mol. The zero-order valence-electron chi connectivity index (χ0n) is 9.63. The molecule has 0 saturated carbocycles. The van der Waals surface area contributed by atoms with Gasteiger partial charge in [-0.15, -0.1) is 0 Å². The van der Waals surface area contributed by atoms with Gasteiger partial charge in [-0.25, -0.2) is 0 Å². The molecule has 5 heteroatoms. The maximum atomic E-state index is 11.5. The minimum absolute atomic E-state index is 0.250. The number of nitrogens with one attached hydrogen (secondary N) is 2. The Hall–Kier alpha value is -1.36. The van der Waals surface area contributed by atoms with E-state index >= 15 is 0 Å². The molecule has 0 aromatic rings. The fraction of sp³-hybridized carbons (Fsp3) is 0.600. The Balaban J connectivity index is 4.16. The summed E-state index contributed by atoms with van der Waals surface area (Å²) in [6, 6.07) is -1.19. The maximum absolute atomic E-state index is 11.5. The van der Waals surface area contributed by atoms with E-state index in [-0.39, 0.29) is 11.8 Å². The Bertz CT molecular complexity index is 272. The monoisotopic (exact) mass is 213 g/mol. The summed E-state index contributed by atoms with van der Waals surface area (Å²) in [5, 5.41) is 5.15. The molecule has 0 aromatic carbocycles. The fourth-order valence-electron chi connectivity index (χ4n) is 0.785. The molecule has 0 aliphatic carbocycles. The first kappa shape index (κ1) is 13.6. The topological polar surface area (TPSA) is 84.2 Å². The number of amides is 2. The van der Waals surface area contributed by atoms with Crippen molar-refractivity contribution in [3.63, 3.8) is 0 Å². The normalized spacial score (nSPS) is 15.4. The van der Waals surface area contributed by atoms with Gasteiger partial charge in [0.05, 0.1) is 6.04 Å². The Labute approximate surface area is 90.1 Å². The average molecular weight is 213 g/mol. The van der Waals surface area contributed by atoms with Crippen LogP contribution in [0.4, 0.5) is 0 Å². The van der Waals surface area contributed by atoms with Crippen LogP contribution < -0.4 is 16.4 Å². The molecule has 5 nitrogen and oxygen atoms in total. The van der Waals surface area contributed by atoms with Crippen molar-refractivity contribution in [3.05, 3.63) is 11.8 Å². The largest absolute Gasteiger partial charge is 0.343 e. The van der Waals surface area contributed by atoms with E-state index < -0.39 is 12.1 Å². The third kappa shape index (κ3) is 5.17. The molecule has 0 radical (unpaired) electrons. The van der Waals surface area contributed by atoms with E-state index in [4.69, 9.17) is 5.73 Å². The van der Waals surface area contributed by atoms with Crippen molar-refractivity contribution >= 4 is 11.8 Å². The van der Waals surface area contributed by atoms with Crippen molar-refractivity contribution in [3.8, 4) is 0 Å². The molecule has 86 valence electrons. The lowest BCUT2D eigenvalue weighted by Gasteiger charge is -2.15. The first-order chi connectivity index (χ1) is 6.88. The summed E-state index contributed by atoms with van der Waals surface area (Å²) in [5.41, 5.74) is 6.11. The molecule has 0 aromatic heterocycles. The van der Waals surface area contributed by atoms with Crippen molar-refractivity contribution < 1.29 is 9.59 Å². The molecule has 0 heterocycles. The van der Waals surface area contributed by atoms with Crippen LogP contribution in [-0.4, -0.2) is 23.9 Å². The first-order valence-electron chi connectivity index (χ1n) is 4.88. The molecule has 0 rings (SSSR count). The van der Waals surface area contributed by atoms with Gasteiger partial charge in [0.25, 0.3) is 0 Å². The van der Waals surface area contributed by atoms with E-state index in [1.165, 1.54) is 0 Å². The SMILES string of the molecule is C/C=C(\C)NC(=O)[C@H](C)NC(=O)[C@H](C)N. The van der Waals surface area contributed by atoms with E-state index in [9.17, 15) is 9.59 Å². The van der Waals surface area contributed by atoms with E-state index in [1.807, 2.05) is 6.92 Å². The van der Waals surface area contributed by atoms with Gasteiger partial charge < -0.3 is 16.4 Å². The quantitative estimate of drug-likeness (QED) is 0.608. The van der Waals surface area contributed by atoms with E-state index in [2.05, 4.69) is 10.6 Å². The minimum Gasteiger partial charge on any atom is -0.343 e. The third-order valence-electron chi connectivity index (χ3n) is 1.92. The summed E-state index contributed by atoms with van der Waals surface area (Å²) in [6.45, 7) is 6.77. The number of allylic oxidation sites excluding steroid dienone is 2. The van der Waals surface area contributed by atoms with Crippen LogP contribution >= 0.6 is 0 Å². The van der Waals surface area contributed by atoms with Gasteiger partial charge in [-0.1, -0.05) is 6.08 Å². The molecule has 2 amide bonds. The van der Waals surface area contributed by atoms with E-state index in [0.29, 0.717) is 0 Å². The van der Waals surface area contributed by atoms with Crippen molar-refractivity contribution in [1.29, 1.82) is 0 Å². The van der Waals surface area contributed by atoms with Crippen molar-refractivity contribution in [1.82, 2.24) is 10.6 Å². The Morgan fingerprint density at radius 2 is 1.80 bits per heavy atom.